The standard InChI is InChI=1S/C51H69F2N9O11/c1-30(2)45(59-41(65)28-62-42(66)17-18-43(62)67)49(71)57-31(3)47(69)58-38(50(72)73)14-10-11-21-55-40(64)19-22-56-48(70)37(54)20-23-61(44(68)29-63)46(51(4,5)6)39-24-33(35-25-34(52)15-16-36(35)53)27-60(39)26-32-12-8-7-9-13-32/h7-9,12-13,15-16,24-25,27,30-31,37-38,45-46,63H,10-11,14,17-23,26,28-29,54H2,1-6H3,(H,55,64)(H,56,70)(H,57,71)(H,58,69)(H,59,65)(H,72,73)/t31-,37-,38-,45-,46-/m0/s1. The number of halogens is 2. The molecule has 9 N–H and O–H groups in total. The molecule has 8 amide bonds. The average molecular weight is 1020 g/mol. The van der Waals surface area contributed by atoms with Crippen LogP contribution in [0.3, 0.4) is 0 Å². The molecule has 1 aliphatic heterocycles. The van der Waals surface area contributed by atoms with E-state index in [1.807, 2.05) is 55.7 Å². The number of likely N-dealkylation sites (tertiary alicyclic amines) is 1. The molecule has 1 aromatic heterocycles. The minimum atomic E-state index is -1.33. The number of carbonyl (C=O) groups excluding carboxylic acids is 8. The van der Waals surface area contributed by atoms with Crippen molar-refractivity contribution in [3.05, 3.63) is 83.7 Å². The Morgan fingerprint density at radius 1 is 0.808 bits per heavy atom. The largest absolute Gasteiger partial charge is 0.480 e. The first kappa shape index (κ1) is 58.5. The fraction of sp³-hybridized carbons (Fsp3) is 0.510. The lowest BCUT2D eigenvalue weighted by molar-refractivity contribution is -0.143. The van der Waals surface area contributed by atoms with Crippen molar-refractivity contribution in [2.45, 2.75) is 123 Å². The fourth-order valence-electron chi connectivity index (χ4n) is 8.35. The summed E-state index contributed by atoms with van der Waals surface area (Å²) >= 11 is 0. The van der Waals surface area contributed by atoms with Crippen LogP contribution in [-0.4, -0.2) is 135 Å². The van der Waals surface area contributed by atoms with E-state index in [-0.39, 0.29) is 63.7 Å². The minimum Gasteiger partial charge on any atom is -0.480 e. The zero-order valence-corrected chi connectivity index (χ0v) is 42.2. The van der Waals surface area contributed by atoms with E-state index >= 15 is 4.39 Å². The normalized spacial score (nSPS) is 14.7. The number of carboxylic acids is 1. The first-order chi connectivity index (χ1) is 34.4. The van der Waals surface area contributed by atoms with Crippen LogP contribution in [0.4, 0.5) is 8.78 Å². The molecule has 5 atom stereocenters. The molecule has 4 rings (SSSR count). The lowest BCUT2D eigenvalue weighted by atomic mass is 9.82. The maximum absolute atomic E-state index is 15.1. The van der Waals surface area contributed by atoms with Crippen LogP contribution in [0.2, 0.25) is 0 Å². The number of rotatable bonds is 27. The van der Waals surface area contributed by atoms with Crippen molar-refractivity contribution in [3.8, 4) is 11.1 Å². The van der Waals surface area contributed by atoms with Crippen LogP contribution in [0.25, 0.3) is 11.1 Å². The molecule has 22 heteroatoms. The van der Waals surface area contributed by atoms with E-state index in [0.717, 1.165) is 28.7 Å². The number of amides is 8. The number of hydrogen-bond acceptors (Lipinski definition) is 11. The number of nitrogens with two attached hydrogens (primary N) is 1. The van der Waals surface area contributed by atoms with Crippen molar-refractivity contribution < 1.29 is 62.1 Å². The molecule has 0 aliphatic carbocycles. The average Bonchev–Trinajstić information content (AvgIpc) is 3.88. The van der Waals surface area contributed by atoms with Crippen molar-refractivity contribution in [1.29, 1.82) is 0 Å². The van der Waals surface area contributed by atoms with Gasteiger partial charge in [-0.25, -0.2) is 13.6 Å². The van der Waals surface area contributed by atoms with E-state index in [4.69, 9.17) is 5.73 Å². The second kappa shape index (κ2) is 27.1. The van der Waals surface area contributed by atoms with Gasteiger partial charge in [-0.2, -0.15) is 0 Å². The molecule has 3 aromatic rings. The SMILES string of the molecule is CC(C)[C@H](NC(=O)CN1C(=O)CCC1=O)C(=O)N[C@@H](C)C(=O)N[C@@H](CCCCNC(=O)CCNC(=O)[C@@H](N)CCN(C(=O)CO)[C@@H](c1cc(-c2cc(F)ccc2F)cn1Cc1ccccc1)C(C)(C)C)C(=O)O. The molecule has 0 saturated carbocycles. The highest BCUT2D eigenvalue weighted by atomic mass is 19.1. The summed E-state index contributed by atoms with van der Waals surface area (Å²) in [5.41, 5.74) is 7.46. The summed E-state index contributed by atoms with van der Waals surface area (Å²) in [6, 6.07) is 8.71. The number of hydrogen-bond donors (Lipinski definition) is 8. The number of aromatic nitrogens is 1. The first-order valence-electron chi connectivity index (χ1n) is 24.3. The third-order valence-corrected chi connectivity index (χ3v) is 12.2. The van der Waals surface area contributed by atoms with Crippen molar-refractivity contribution in [2.24, 2.45) is 17.1 Å². The molecule has 20 nitrogen and oxygen atoms in total. The quantitative estimate of drug-likeness (QED) is 0.0403. The number of unbranched alkanes of at least 4 members (excludes halogenated alkanes) is 1. The molecule has 0 unspecified atom stereocenters. The summed E-state index contributed by atoms with van der Waals surface area (Å²) in [7, 11) is 0. The molecule has 1 aliphatic rings. The Morgan fingerprint density at radius 2 is 1.48 bits per heavy atom. The molecule has 0 bridgehead atoms. The summed E-state index contributed by atoms with van der Waals surface area (Å²) in [6.45, 7) is 9.19. The lowest BCUT2D eigenvalue weighted by Crippen LogP contribution is -2.57. The van der Waals surface area contributed by atoms with Crippen LogP contribution >= 0.6 is 0 Å². The van der Waals surface area contributed by atoms with E-state index in [9.17, 15) is 57.8 Å². The van der Waals surface area contributed by atoms with Gasteiger partial charge in [0, 0.05) is 68.5 Å². The van der Waals surface area contributed by atoms with Gasteiger partial charge in [-0.3, -0.25) is 43.3 Å². The molecule has 0 spiro atoms. The lowest BCUT2D eigenvalue weighted by Gasteiger charge is -2.41. The van der Waals surface area contributed by atoms with Crippen LogP contribution in [0.5, 0.6) is 0 Å². The maximum atomic E-state index is 15.1. The van der Waals surface area contributed by atoms with Crippen molar-refractivity contribution in [3.63, 3.8) is 0 Å². The zero-order chi connectivity index (χ0) is 54.2. The number of imide groups is 1. The summed E-state index contributed by atoms with van der Waals surface area (Å²) in [4.78, 5) is 116. The third kappa shape index (κ3) is 17.3. The molecule has 0 radical (unpaired) electrons. The number of nitrogens with zero attached hydrogens (tertiary/aromatic N) is 3. The molecule has 1 saturated heterocycles. The fourth-order valence-corrected chi connectivity index (χ4v) is 8.35. The van der Waals surface area contributed by atoms with Gasteiger partial charge in [-0.05, 0) is 73.8 Å². The summed E-state index contributed by atoms with van der Waals surface area (Å²) < 4.78 is 31.3. The van der Waals surface area contributed by atoms with Crippen LogP contribution in [-0.2, 0) is 49.7 Å². The van der Waals surface area contributed by atoms with Crippen LogP contribution in [0, 0.1) is 23.0 Å². The zero-order valence-electron chi connectivity index (χ0n) is 42.2. The van der Waals surface area contributed by atoms with Crippen molar-refractivity contribution in [2.75, 3.05) is 32.8 Å². The summed E-state index contributed by atoms with van der Waals surface area (Å²) in [5.74, 6) is -7.98. The van der Waals surface area contributed by atoms with Crippen molar-refractivity contribution in [1.82, 2.24) is 41.0 Å². The van der Waals surface area contributed by atoms with Crippen molar-refractivity contribution >= 4 is 53.2 Å². The van der Waals surface area contributed by atoms with E-state index in [0.29, 0.717) is 24.2 Å². The second-order valence-corrected chi connectivity index (χ2v) is 19.5. The predicted molar refractivity (Wildman–Crippen MR) is 263 cm³/mol. The molecular formula is C51H69F2N9O11. The Labute approximate surface area is 423 Å². The number of aliphatic carboxylic acids is 1. The second-order valence-electron chi connectivity index (χ2n) is 19.5. The number of aliphatic hydroxyl groups is 1. The molecule has 2 heterocycles. The van der Waals surface area contributed by atoms with Gasteiger partial charge in [0.2, 0.25) is 47.3 Å². The molecule has 398 valence electrons. The van der Waals surface area contributed by atoms with Gasteiger partial charge in [0.25, 0.3) is 0 Å². The minimum absolute atomic E-state index is 0.00389. The Morgan fingerprint density at radius 3 is 2.10 bits per heavy atom. The van der Waals surface area contributed by atoms with Gasteiger partial charge >= 0.3 is 5.97 Å². The Balaban J connectivity index is 1.25. The van der Waals surface area contributed by atoms with E-state index < -0.39 is 120 Å². The molecule has 2 aromatic carbocycles. The molecule has 1 fully saturated rings. The topological polar surface area (TPSA) is 292 Å². The van der Waals surface area contributed by atoms with E-state index in [1.54, 1.807) is 26.1 Å². The number of aliphatic hydroxyl groups excluding tert-OH is 1. The number of benzene rings is 2. The highest BCUT2D eigenvalue weighted by Gasteiger charge is 2.38. The van der Waals surface area contributed by atoms with Gasteiger partial charge in [0.1, 0.15) is 42.9 Å². The van der Waals surface area contributed by atoms with Gasteiger partial charge < -0.3 is 52.0 Å². The van der Waals surface area contributed by atoms with Crippen LogP contribution in [0.1, 0.15) is 104 Å². The summed E-state index contributed by atoms with van der Waals surface area (Å²) in [6.07, 6.45) is 2.10. The predicted octanol–water partition coefficient (Wildman–Crippen LogP) is 2.26. The summed E-state index contributed by atoms with van der Waals surface area (Å²) in [5, 5.41) is 32.6. The Hall–Kier alpha value is -7.07. The monoisotopic (exact) mass is 1020 g/mol. The van der Waals surface area contributed by atoms with Gasteiger partial charge in [-0.15, -0.1) is 0 Å². The third-order valence-electron chi connectivity index (χ3n) is 12.2. The number of nitrogens with one attached hydrogen (secondary N) is 5. The first-order valence-corrected chi connectivity index (χ1v) is 24.3. The van der Waals surface area contributed by atoms with Crippen LogP contribution < -0.4 is 32.3 Å². The molecule has 73 heavy (non-hydrogen) atoms. The van der Waals surface area contributed by atoms with Gasteiger partial charge in [0.05, 0.1) is 12.1 Å². The van der Waals surface area contributed by atoms with Gasteiger partial charge in [0.15, 0.2) is 0 Å². The smallest absolute Gasteiger partial charge is 0.326 e. The maximum Gasteiger partial charge on any atom is 0.326 e. The van der Waals surface area contributed by atoms with Crippen LogP contribution in [0.15, 0.2) is 60.8 Å². The number of carbonyl (C=O) groups is 9. The van der Waals surface area contributed by atoms with Gasteiger partial charge in [-0.1, -0.05) is 65.0 Å². The highest BCUT2D eigenvalue weighted by molar-refractivity contribution is 6.05. The molecular weight excluding hydrogens is 953 g/mol. The van der Waals surface area contributed by atoms with E-state index in [2.05, 4.69) is 26.6 Å². The van der Waals surface area contributed by atoms with E-state index in [1.165, 1.54) is 11.8 Å². The Bertz CT molecular complexity index is 2450. The number of carboxylic acid groups (broad SMARTS) is 1. The highest BCUT2D eigenvalue weighted by Crippen LogP contribution is 2.41. The Kier molecular flexibility index (Phi) is 21.7.